The smallest absolute Gasteiger partial charge is 0.335 e. The lowest BCUT2D eigenvalue weighted by atomic mass is 10.4. The van der Waals surface area contributed by atoms with E-state index in [0.717, 1.165) is 0 Å². The zero-order valence-corrected chi connectivity index (χ0v) is 8.30. The summed E-state index contributed by atoms with van der Waals surface area (Å²) in [6, 6.07) is 0.539. The molecule has 0 bridgehead atoms. The molecule has 0 unspecified atom stereocenters. The lowest BCUT2D eigenvalue weighted by Gasteiger charge is -2.02. The first-order chi connectivity index (χ1) is 5.80. The van der Waals surface area contributed by atoms with Crippen LogP contribution in [0.3, 0.4) is 0 Å². The van der Waals surface area contributed by atoms with Crippen molar-refractivity contribution < 1.29 is 19.2 Å². The predicted molar refractivity (Wildman–Crippen MR) is 46.9 cm³/mol. The Balaban J connectivity index is 0.000000252. The first-order valence-corrected chi connectivity index (χ1v) is 5.13. The van der Waals surface area contributed by atoms with Crippen molar-refractivity contribution in [1.29, 1.82) is 0 Å². The molecule has 0 saturated carbocycles. The van der Waals surface area contributed by atoms with Gasteiger partial charge in [-0.25, -0.2) is 9.55 Å². The summed E-state index contributed by atoms with van der Waals surface area (Å²) in [7, 11) is -4.64. The van der Waals surface area contributed by atoms with E-state index in [0.29, 0.717) is 6.04 Å². The Morgan fingerprint density at radius 2 is 1.85 bits per heavy atom. The average Bonchev–Trinajstić information content (AvgIpc) is 2.31. The van der Waals surface area contributed by atoms with E-state index in [1.54, 1.807) is 6.20 Å². The van der Waals surface area contributed by atoms with E-state index in [-0.39, 0.29) is 0 Å². The van der Waals surface area contributed by atoms with Gasteiger partial charge in [-0.1, -0.05) is 0 Å². The molecule has 1 aromatic heterocycles. The monoisotopic (exact) mass is 208 g/mol. The summed E-state index contributed by atoms with van der Waals surface area (Å²) in [5.74, 6) is 0. The molecule has 0 aliphatic heterocycles. The van der Waals surface area contributed by atoms with Gasteiger partial charge in [0.2, 0.25) is 0 Å². The fourth-order valence-electron chi connectivity index (χ4n) is 0.575. The number of nitrogens with zero attached hydrogens (tertiary/aromatic N) is 2. The Hall–Kier alpha value is -0.680. The number of hydrogen-bond acceptors (Lipinski definition) is 2. The fourth-order valence-corrected chi connectivity index (χ4v) is 0.575. The molecular weight excluding hydrogens is 195 g/mol. The molecule has 0 aromatic carbocycles. The molecule has 6 nitrogen and oxygen atoms in total. The highest BCUT2D eigenvalue weighted by molar-refractivity contribution is 7.45. The maximum Gasteiger partial charge on any atom is 0.466 e. The zero-order valence-electron chi connectivity index (χ0n) is 7.40. The van der Waals surface area contributed by atoms with Crippen LogP contribution < -0.4 is 0 Å². The Kier molecular flexibility index (Phi) is 4.87. The molecule has 1 heterocycles. The Morgan fingerprint density at radius 1 is 1.38 bits per heavy atom. The molecule has 0 aliphatic carbocycles. The summed E-state index contributed by atoms with van der Waals surface area (Å²) in [6.07, 6.45) is 5.58. The quantitative estimate of drug-likeness (QED) is 0.585. The second-order valence-electron chi connectivity index (χ2n) is 2.62. The lowest BCUT2D eigenvalue weighted by molar-refractivity contribution is 0.275. The summed E-state index contributed by atoms with van der Waals surface area (Å²) in [5, 5.41) is 0. The van der Waals surface area contributed by atoms with Gasteiger partial charge in [0.05, 0.1) is 6.33 Å². The average molecular weight is 208 g/mol. The van der Waals surface area contributed by atoms with Gasteiger partial charge in [-0.15, -0.1) is 0 Å². The molecule has 7 heteroatoms. The van der Waals surface area contributed by atoms with Crippen LogP contribution in [0.5, 0.6) is 0 Å². The predicted octanol–water partition coefficient (Wildman–Crippen LogP) is 0.535. The van der Waals surface area contributed by atoms with Crippen LogP contribution in [0.1, 0.15) is 19.9 Å². The highest BCUT2D eigenvalue weighted by Crippen LogP contribution is 2.25. The summed E-state index contributed by atoms with van der Waals surface area (Å²) < 4.78 is 10.9. The molecule has 13 heavy (non-hydrogen) atoms. The van der Waals surface area contributed by atoms with E-state index in [2.05, 4.69) is 23.4 Å². The number of imidazole rings is 1. The molecule has 1 aromatic rings. The lowest BCUT2D eigenvalue weighted by Crippen LogP contribution is -1.95. The first kappa shape index (κ1) is 12.3. The Morgan fingerprint density at radius 3 is 2.00 bits per heavy atom. The molecule has 0 atom stereocenters. The van der Waals surface area contributed by atoms with Crippen LogP contribution in [-0.4, -0.2) is 24.2 Å². The fraction of sp³-hybridized carbons (Fsp3) is 0.500. The summed E-state index contributed by atoms with van der Waals surface area (Å²) >= 11 is 0. The molecule has 0 aliphatic rings. The molecule has 0 spiro atoms. The van der Waals surface area contributed by atoms with E-state index >= 15 is 0 Å². The molecular formula is C6H13N2O4P. The highest BCUT2D eigenvalue weighted by Gasteiger charge is 2.00. The SMILES string of the molecule is CC(C)n1ccnc1.O=P(O)(O)O. The van der Waals surface area contributed by atoms with Crippen molar-refractivity contribution in [2.45, 2.75) is 19.9 Å². The van der Waals surface area contributed by atoms with Crippen molar-refractivity contribution in [1.82, 2.24) is 9.55 Å². The van der Waals surface area contributed by atoms with Crippen molar-refractivity contribution in [2.75, 3.05) is 0 Å². The van der Waals surface area contributed by atoms with E-state index in [1.807, 2.05) is 12.5 Å². The van der Waals surface area contributed by atoms with Crippen molar-refractivity contribution >= 4 is 7.82 Å². The van der Waals surface area contributed by atoms with Gasteiger partial charge >= 0.3 is 7.82 Å². The summed E-state index contributed by atoms with van der Waals surface area (Å²) in [4.78, 5) is 25.5. The van der Waals surface area contributed by atoms with Crippen LogP contribution in [0, 0.1) is 0 Å². The topological polar surface area (TPSA) is 95.6 Å². The first-order valence-electron chi connectivity index (χ1n) is 3.56. The molecule has 3 N–H and O–H groups in total. The van der Waals surface area contributed by atoms with E-state index in [4.69, 9.17) is 19.2 Å². The Labute approximate surface area is 76.1 Å². The zero-order chi connectivity index (χ0) is 10.5. The van der Waals surface area contributed by atoms with Crippen molar-refractivity contribution in [2.24, 2.45) is 0 Å². The number of phosphoric acid groups is 1. The minimum absolute atomic E-state index is 0.539. The molecule has 0 radical (unpaired) electrons. The van der Waals surface area contributed by atoms with Gasteiger partial charge < -0.3 is 19.2 Å². The van der Waals surface area contributed by atoms with Gasteiger partial charge in [-0.3, -0.25) is 0 Å². The van der Waals surface area contributed by atoms with Crippen LogP contribution in [0.4, 0.5) is 0 Å². The second kappa shape index (κ2) is 5.14. The van der Waals surface area contributed by atoms with Gasteiger partial charge in [0, 0.05) is 18.4 Å². The largest absolute Gasteiger partial charge is 0.466 e. The third kappa shape index (κ3) is 9.23. The third-order valence-corrected chi connectivity index (χ3v) is 1.12. The van der Waals surface area contributed by atoms with Crippen LogP contribution in [0.25, 0.3) is 0 Å². The maximum absolute atomic E-state index is 8.88. The van der Waals surface area contributed by atoms with Crippen molar-refractivity contribution in [3.63, 3.8) is 0 Å². The molecule has 76 valence electrons. The minimum Gasteiger partial charge on any atom is -0.335 e. The molecule has 0 saturated heterocycles. The van der Waals surface area contributed by atoms with Gasteiger partial charge in [-0.05, 0) is 13.8 Å². The third-order valence-electron chi connectivity index (χ3n) is 1.12. The van der Waals surface area contributed by atoms with Crippen LogP contribution in [0.15, 0.2) is 18.7 Å². The normalized spacial score (nSPS) is 10.9. The summed E-state index contributed by atoms with van der Waals surface area (Å²) in [6.45, 7) is 4.25. The van der Waals surface area contributed by atoms with Crippen LogP contribution in [0.2, 0.25) is 0 Å². The van der Waals surface area contributed by atoms with Crippen molar-refractivity contribution in [3.8, 4) is 0 Å². The number of rotatable bonds is 1. The number of hydrogen-bond donors (Lipinski definition) is 3. The molecule has 1 rings (SSSR count). The minimum atomic E-state index is -4.64. The summed E-state index contributed by atoms with van der Waals surface area (Å²) in [5.41, 5.74) is 0. The van der Waals surface area contributed by atoms with Crippen LogP contribution in [-0.2, 0) is 4.57 Å². The van der Waals surface area contributed by atoms with Gasteiger partial charge in [0.25, 0.3) is 0 Å². The molecule has 0 amide bonds. The van der Waals surface area contributed by atoms with Gasteiger partial charge in [0.1, 0.15) is 0 Å². The second-order valence-corrected chi connectivity index (χ2v) is 3.64. The number of aromatic nitrogens is 2. The van der Waals surface area contributed by atoms with Gasteiger partial charge in [-0.2, -0.15) is 0 Å². The highest BCUT2D eigenvalue weighted by atomic mass is 31.2. The van der Waals surface area contributed by atoms with Crippen LogP contribution >= 0.6 is 7.82 Å². The molecule has 0 fully saturated rings. The van der Waals surface area contributed by atoms with E-state index < -0.39 is 7.82 Å². The van der Waals surface area contributed by atoms with Gasteiger partial charge in [0.15, 0.2) is 0 Å². The Bertz CT molecular complexity index is 258. The van der Waals surface area contributed by atoms with E-state index in [9.17, 15) is 0 Å². The van der Waals surface area contributed by atoms with Crippen molar-refractivity contribution in [3.05, 3.63) is 18.7 Å². The van der Waals surface area contributed by atoms with E-state index in [1.165, 1.54) is 0 Å². The standard InChI is InChI=1S/C6H10N2.H3O4P/c1-6(2)8-4-3-7-5-8;1-5(2,3)4/h3-6H,1-2H3;(H3,1,2,3,4). The maximum atomic E-state index is 8.88.